The SMILES string of the molecule is CCOc1ccc(S(=O)(=O)NC(Cc2ccccc2)C(=O)NCc2ccc(C)cc2)cc1. The minimum absolute atomic E-state index is 0.0744. The summed E-state index contributed by atoms with van der Waals surface area (Å²) >= 11 is 0. The summed E-state index contributed by atoms with van der Waals surface area (Å²) < 4.78 is 33.9. The van der Waals surface area contributed by atoms with E-state index in [1.54, 1.807) is 12.1 Å². The molecule has 168 valence electrons. The highest BCUT2D eigenvalue weighted by atomic mass is 32.2. The van der Waals surface area contributed by atoms with Gasteiger partial charge in [0.2, 0.25) is 15.9 Å². The second kappa shape index (κ2) is 10.9. The van der Waals surface area contributed by atoms with Crippen molar-refractivity contribution < 1.29 is 17.9 Å². The first-order chi connectivity index (χ1) is 15.4. The zero-order chi connectivity index (χ0) is 23.0. The van der Waals surface area contributed by atoms with Crippen LogP contribution >= 0.6 is 0 Å². The maximum absolute atomic E-state index is 13.0. The second-order valence-corrected chi connectivity index (χ2v) is 9.19. The lowest BCUT2D eigenvalue weighted by Crippen LogP contribution is -2.47. The van der Waals surface area contributed by atoms with E-state index in [-0.39, 0.29) is 17.2 Å². The fourth-order valence-electron chi connectivity index (χ4n) is 3.19. The molecule has 3 aromatic rings. The Labute approximate surface area is 189 Å². The van der Waals surface area contributed by atoms with Crippen molar-refractivity contribution in [3.05, 3.63) is 95.6 Å². The van der Waals surface area contributed by atoms with E-state index in [2.05, 4.69) is 10.0 Å². The molecule has 6 nitrogen and oxygen atoms in total. The molecule has 1 atom stereocenters. The van der Waals surface area contributed by atoms with Crippen LogP contribution in [-0.4, -0.2) is 27.0 Å². The summed E-state index contributed by atoms with van der Waals surface area (Å²) in [6.07, 6.45) is 0.233. The number of rotatable bonds is 10. The lowest BCUT2D eigenvalue weighted by Gasteiger charge is -2.19. The number of carbonyl (C=O) groups is 1. The zero-order valence-corrected chi connectivity index (χ0v) is 19.1. The molecule has 0 saturated carbocycles. The molecule has 3 rings (SSSR count). The van der Waals surface area contributed by atoms with Crippen molar-refractivity contribution in [3.63, 3.8) is 0 Å². The van der Waals surface area contributed by atoms with E-state index in [9.17, 15) is 13.2 Å². The average molecular weight is 453 g/mol. The fourth-order valence-corrected chi connectivity index (χ4v) is 4.39. The highest BCUT2D eigenvalue weighted by Crippen LogP contribution is 2.17. The van der Waals surface area contributed by atoms with Crippen molar-refractivity contribution in [2.75, 3.05) is 6.61 Å². The smallest absolute Gasteiger partial charge is 0.241 e. The molecule has 0 radical (unpaired) electrons. The van der Waals surface area contributed by atoms with Crippen LogP contribution in [0.25, 0.3) is 0 Å². The van der Waals surface area contributed by atoms with E-state index >= 15 is 0 Å². The molecule has 32 heavy (non-hydrogen) atoms. The van der Waals surface area contributed by atoms with E-state index < -0.39 is 16.1 Å². The van der Waals surface area contributed by atoms with Gasteiger partial charge in [-0.15, -0.1) is 0 Å². The van der Waals surface area contributed by atoms with Gasteiger partial charge in [0.05, 0.1) is 11.5 Å². The van der Waals surface area contributed by atoms with Crippen molar-refractivity contribution in [2.45, 2.75) is 37.8 Å². The van der Waals surface area contributed by atoms with E-state index in [0.717, 1.165) is 16.7 Å². The van der Waals surface area contributed by atoms with E-state index in [1.165, 1.54) is 12.1 Å². The quantitative estimate of drug-likeness (QED) is 0.492. The van der Waals surface area contributed by atoms with Gasteiger partial charge in [-0.05, 0) is 55.7 Å². The summed E-state index contributed by atoms with van der Waals surface area (Å²) in [5, 5.41) is 2.85. The molecular formula is C25H28N2O4S. The number of amides is 1. The summed E-state index contributed by atoms with van der Waals surface area (Å²) in [4.78, 5) is 13.1. The molecule has 0 bridgehead atoms. The molecule has 2 N–H and O–H groups in total. The summed E-state index contributed by atoms with van der Waals surface area (Å²) in [5.74, 6) is 0.201. The predicted molar refractivity (Wildman–Crippen MR) is 125 cm³/mol. The molecule has 0 aliphatic carbocycles. The maximum atomic E-state index is 13.0. The van der Waals surface area contributed by atoms with Crippen LogP contribution in [0.2, 0.25) is 0 Å². The molecule has 1 amide bonds. The first-order valence-corrected chi connectivity index (χ1v) is 12.0. The number of hydrogen-bond acceptors (Lipinski definition) is 4. The van der Waals surface area contributed by atoms with Crippen molar-refractivity contribution >= 4 is 15.9 Å². The average Bonchev–Trinajstić information content (AvgIpc) is 2.79. The van der Waals surface area contributed by atoms with Gasteiger partial charge in [-0.25, -0.2) is 8.42 Å². The van der Waals surface area contributed by atoms with Gasteiger partial charge in [0.1, 0.15) is 11.8 Å². The molecule has 0 aliphatic heterocycles. The number of ether oxygens (including phenoxy) is 1. The highest BCUT2D eigenvalue weighted by molar-refractivity contribution is 7.89. The number of aryl methyl sites for hydroxylation is 1. The Morgan fingerprint density at radius 2 is 1.56 bits per heavy atom. The Morgan fingerprint density at radius 1 is 0.906 bits per heavy atom. The van der Waals surface area contributed by atoms with Crippen LogP contribution < -0.4 is 14.8 Å². The zero-order valence-electron chi connectivity index (χ0n) is 18.2. The molecule has 0 saturated heterocycles. The lowest BCUT2D eigenvalue weighted by atomic mass is 10.1. The van der Waals surface area contributed by atoms with Gasteiger partial charge in [-0.3, -0.25) is 4.79 Å². The van der Waals surface area contributed by atoms with E-state index in [0.29, 0.717) is 18.9 Å². The third-order valence-corrected chi connectivity index (χ3v) is 6.42. The first-order valence-electron chi connectivity index (χ1n) is 10.5. The van der Waals surface area contributed by atoms with Crippen LogP contribution in [0.1, 0.15) is 23.6 Å². The molecular weight excluding hydrogens is 424 g/mol. The minimum atomic E-state index is -3.91. The van der Waals surface area contributed by atoms with Gasteiger partial charge in [-0.1, -0.05) is 60.2 Å². The monoisotopic (exact) mass is 452 g/mol. The maximum Gasteiger partial charge on any atom is 0.241 e. The summed E-state index contributed by atoms with van der Waals surface area (Å²) in [6.45, 7) is 4.66. The Hall–Kier alpha value is -3.16. The lowest BCUT2D eigenvalue weighted by molar-refractivity contribution is -0.122. The van der Waals surface area contributed by atoms with Crippen molar-refractivity contribution in [1.29, 1.82) is 0 Å². The Kier molecular flexibility index (Phi) is 8.03. The third-order valence-electron chi connectivity index (χ3n) is 4.93. The molecule has 0 aromatic heterocycles. The van der Waals surface area contributed by atoms with Gasteiger partial charge in [-0.2, -0.15) is 4.72 Å². The van der Waals surface area contributed by atoms with E-state index in [1.807, 2.05) is 68.4 Å². The highest BCUT2D eigenvalue weighted by Gasteiger charge is 2.26. The summed E-state index contributed by atoms with van der Waals surface area (Å²) in [5.41, 5.74) is 2.93. The summed E-state index contributed by atoms with van der Waals surface area (Å²) in [7, 11) is -3.91. The molecule has 0 heterocycles. The van der Waals surface area contributed by atoms with Crippen molar-refractivity contribution in [1.82, 2.24) is 10.0 Å². The van der Waals surface area contributed by atoms with Crippen LogP contribution in [0.4, 0.5) is 0 Å². The Balaban J connectivity index is 1.76. The van der Waals surface area contributed by atoms with E-state index in [4.69, 9.17) is 4.74 Å². The Bertz CT molecular complexity index is 1110. The minimum Gasteiger partial charge on any atom is -0.494 e. The topological polar surface area (TPSA) is 84.5 Å². The Morgan fingerprint density at radius 3 is 2.19 bits per heavy atom. The molecule has 7 heteroatoms. The fraction of sp³-hybridized carbons (Fsp3) is 0.240. The molecule has 0 aliphatic rings. The molecule has 0 spiro atoms. The van der Waals surface area contributed by atoms with Gasteiger partial charge in [0, 0.05) is 6.54 Å². The number of hydrogen-bond donors (Lipinski definition) is 2. The largest absolute Gasteiger partial charge is 0.494 e. The van der Waals surface area contributed by atoms with Gasteiger partial charge in [0.15, 0.2) is 0 Å². The first kappa shape index (κ1) is 23.5. The summed E-state index contributed by atoms with van der Waals surface area (Å²) in [6, 6.07) is 22.3. The number of benzene rings is 3. The number of nitrogens with one attached hydrogen (secondary N) is 2. The molecule has 3 aromatic carbocycles. The van der Waals surface area contributed by atoms with Gasteiger partial charge in [0.25, 0.3) is 0 Å². The molecule has 1 unspecified atom stereocenters. The van der Waals surface area contributed by atoms with Crippen LogP contribution in [0.15, 0.2) is 83.8 Å². The van der Waals surface area contributed by atoms with Crippen molar-refractivity contribution in [3.8, 4) is 5.75 Å². The van der Waals surface area contributed by atoms with Crippen LogP contribution in [0, 0.1) is 6.92 Å². The standard InChI is InChI=1S/C25H28N2O4S/c1-3-31-22-13-15-23(16-14-22)32(29,30)27-24(17-20-7-5-4-6-8-20)25(28)26-18-21-11-9-19(2)10-12-21/h4-16,24,27H,3,17-18H2,1-2H3,(H,26,28). The van der Waals surface area contributed by atoms with Crippen LogP contribution in [0.5, 0.6) is 5.75 Å². The van der Waals surface area contributed by atoms with Crippen LogP contribution in [-0.2, 0) is 27.8 Å². The third kappa shape index (κ3) is 6.67. The van der Waals surface area contributed by atoms with Gasteiger partial charge < -0.3 is 10.1 Å². The second-order valence-electron chi connectivity index (χ2n) is 7.47. The van der Waals surface area contributed by atoms with Crippen molar-refractivity contribution in [2.24, 2.45) is 0 Å². The predicted octanol–water partition coefficient (Wildman–Crippen LogP) is 3.60. The molecule has 0 fully saturated rings. The van der Waals surface area contributed by atoms with Crippen LogP contribution in [0.3, 0.4) is 0 Å². The number of carbonyl (C=O) groups excluding carboxylic acids is 1. The van der Waals surface area contributed by atoms with Gasteiger partial charge >= 0.3 is 0 Å². The normalized spacial score (nSPS) is 12.2. The number of sulfonamides is 1.